The average molecular weight is 412 g/mol. The van der Waals surface area contributed by atoms with Crippen molar-refractivity contribution in [2.75, 3.05) is 13.2 Å². The van der Waals surface area contributed by atoms with E-state index in [4.69, 9.17) is 16.3 Å². The second-order valence-electron chi connectivity index (χ2n) is 6.75. The maximum absolute atomic E-state index is 12.0. The van der Waals surface area contributed by atoms with E-state index in [2.05, 4.69) is 10.4 Å². The number of benzene rings is 2. The van der Waals surface area contributed by atoms with Crippen LogP contribution in [-0.2, 0) is 11.3 Å². The summed E-state index contributed by atoms with van der Waals surface area (Å²) in [5.41, 5.74) is 3.43. The molecule has 6 nitrogen and oxygen atoms in total. The van der Waals surface area contributed by atoms with Gasteiger partial charge in [0, 0.05) is 23.2 Å². The summed E-state index contributed by atoms with van der Waals surface area (Å²) in [5, 5.41) is 7.74. The summed E-state index contributed by atoms with van der Waals surface area (Å²) in [6.45, 7) is 4.39. The van der Waals surface area contributed by atoms with Crippen molar-refractivity contribution in [3.63, 3.8) is 0 Å². The van der Waals surface area contributed by atoms with Crippen molar-refractivity contribution in [2.24, 2.45) is 0 Å². The predicted molar refractivity (Wildman–Crippen MR) is 113 cm³/mol. The number of rotatable bonds is 7. The van der Waals surface area contributed by atoms with Gasteiger partial charge in [0.2, 0.25) is 0 Å². The van der Waals surface area contributed by atoms with Crippen LogP contribution in [0.4, 0.5) is 0 Å². The molecule has 29 heavy (non-hydrogen) atoms. The molecule has 0 bridgehead atoms. The van der Waals surface area contributed by atoms with E-state index in [0.717, 1.165) is 16.7 Å². The smallest absolute Gasteiger partial charge is 0.266 e. The number of nitrogens with one attached hydrogen (secondary N) is 1. The molecule has 1 aromatic heterocycles. The van der Waals surface area contributed by atoms with Crippen molar-refractivity contribution in [3.05, 3.63) is 81.1 Å². The molecule has 0 aliphatic rings. The molecule has 0 unspecified atom stereocenters. The summed E-state index contributed by atoms with van der Waals surface area (Å²) in [6, 6.07) is 16.1. The Morgan fingerprint density at radius 2 is 1.76 bits per heavy atom. The zero-order valence-electron chi connectivity index (χ0n) is 16.3. The van der Waals surface area contributed by atoms with E-state index < -0.39 is 0 Å². The van der Waals surface area contributed by atoms with Crippen LogP contribution in [0, 0.1) is 13.8 Å². The van der Waals surface area contributed by atoms with Crippen LogP contribution >= 0.6 is 11.6 Å². The van der Waals surface area contributed by atoms with E-state index in [9.17, 15) is 9.59 Å². The Morgan fingerprint density at radius 1 is 1.07 bits per heavy atom. The number of carbonyl (C=O) groups is 1. The molecule has 0 aliphatic heterocycles. The van der Waals surface area contributed by atoms with Gasteiger partial charge in [-0.05, 0) is 55.3 Å². The van der Waals surface area contributed by atoms with Crippen molar-refractivity contribution < 1.29 is 9.53 Å². The molecule has 3 rings (SSSR count). The summed E-state index contributed by atoms with van der Waals surface area (Å²) in [7, 11) is 0. The van der Waals surface area contributed by atoms with Gasteiger partial charge < -0.3 is 10.1 Å². The number of halogens is 1. The Hall–Kier alpha value is -3.12. The molecule has 1 N–H and O–H groups in total. The van der Waals surface area contributed by atoms with E-state index in [0.29, 0.717) is 16.5 Å². The monoisotopic (exact) mass is 411 g/mol. The number of amides is 1. The van der Waals surface area contributed by atoms with Gasteiger partial charge in [-0.1, -0.05) is 29.8 Å². The van der Waals surface area contributed by atoms with Crippen LogP contribution in [0.25, 0.3) is 11.3 Å². The van der Waals surface area contributed by atoms with Gasteiger partial charge >= 0.3 is 0 Å². The molecular formula is C22H22ClN3O3. The summed E-state index contributed by atoms with van der Waals surface area (Å²) in [5.74, 6) is 0.400. The van der Waals surface area contributed by atoms with E-state index in [1.165, 1.54) is 10.7 Å². The van der Waals surface area contributed by atoms with Gasteiger partial charge in [0.05, 0.1) is 12.2 Å². The van der Waals surface area contributed by atoms with Crippen molar-refractivity contribution in [3.8, 4) is 17.0 Å². The molecule has 0 radical (unpaired) electrons. The second kappa shape index (κ2) is 9.39. The third kappa shape index (κ3) is 5.93. The van der Waals surface area contributed by atoms with Gasteiger partial charge in [-0.15, -0.1) is 0 Å². The lowest BCUT2D eigenvalue weighted by molar-refractivity contribution is -0.123. The Bertz CT molecular complexity index is 1040. The number of ether oxygens (including phenoxy) is 1. The lowest BCUT2D eigenvalue weighted by atomic mass is 10.1. The number of aryl methyl sites for hydroxylation is 2. The molecule has 0 atom stereocenters. The van der Waals surface area contributed by atoms with E-state index in [-0.39, 0.29) is 31.2 Å². The molecule has 1 heterocycles. The first-order valence-corrected chi connectivity index (χ1v) is 9.60. The minimum atomic E-state index is -0.258. The van der Waals surface area contributed by atoms with Crippen molar-refractivity contribution in [1.82, 2.24) is 15.1 Å². The van der Waals surface area contributed by atoms with Gasteiger partial charge in [0.1, 0.15) is 5.75 Å². The largest absolute Gasteiger partial charge is 0.484 e. The minimum absolute atomic E-state index is 0.0873. The fourth-order valence-electron chi connectivity index (χ4n) is 2.90. The number of carbonyl (C=O) groups excluding carboxylic acids is 1. The van der Waals surface area contributed by atoms with E-state index in [1.54, 1.807) is 18.2 Å². The fraction of sp³-hybridized carbons (Fsp3) is 0.227. The van der Waals surface area contributed by atoms with Gasteiger partial charge in [-0.3, -0.25) is 9.59 Å². The SMILES string of the molecule is Cc1cc(C)cc(OCC(=O)NCCn2nc(-c3ccc(Cl)cc3)ccc2=O)c1. The zero-order valence-corrected chi connectivity index (χ0v) is 17.1. The molecule has 1 amide bonds. The minimum Gasteiger partial charge on any atom is -0.484 e. The highest BCUT2D eigenvalue weighted by Crippen LogP contribution is 2.18. The first-order chi connectivity index (χ1) is 13.9. The van der Waals surface area contributed by atoms with Crippen LogP contribution in [0.2, 0.25) is 5.02 Å². The highest BCUT2D eigenvalue weighted by atomic mass is 35.5. The Morgan fingerprint density at radius 3 is 2.45 bits per heavy atom. The summed E-state index contributed by atoms with van der Waals surface area (Å²) < 4.78 is 6.86. The third-order valence-electron chi connectivity index (χ3n) is 4.22. The van der Waals surface area contributed by atoms with Crippen LogP contribution in [0.15, 0.2) is 59.4 Å². The average Bonchev–Trinajstić information content (AvgIpc) is 2.68. The Kier molecular flexibility index (Phi) is 6.67. The summed E-state index contributed by atoms with van der Waals surface area (Å²) in [6.07, 6.45) is 0. The maximum atomic E-state index is 12.0. The van der Waals surface area contributed by atoms with Crippen LogP contribution in [0.5, 0.6) is 5.75 Å². The number of hydrogen-bond donors (Lipinski definition) is 1. The number of nitrogens with zero attached hydrogens (tertiary/aromatic N) is 2. The van der Waals surface area contributed by atoms with Gasteiger partial charge in [0.15, 0.2) is 6.61 Å². The van der Waals surface area contributed by atoms with Gasteiger partial charge in [-0.2, -0.15) is 5.10 Å². The number of aromatic nitrogens is 2. The van der Waals surface area contributed by atoms with Gasteiger partial charge in [-0.25, -0.2) is 4.68 Å². The molecule has 3 aromatic rings. The molecule has 0 fully saturated rings. The molecule has 0 aliphatic carbocycles. The highest BCUT2D eigenvalue weighted by molar-refractivity contribution is 6.30. The van der Waals surface area contributed by atoms with Crippen LogP contribution in [0.1, 0.15) is 11.1 Å². The zero-order chi connectivity index (χ0) is 20.8. The maximum Gasteiger partial charge on any atom is 0.266 e. The lowest BCUT2D eigenvalue weighted by Gasteiger charge is -2.10. The normalized spacial score (nSPS) is 10.6. The molecule has 0 saturated carbocycles. The van der Waals surface area contributed by atoms with Gasteiger partial charge in [0.25, 0.3) is 11.5 Å². The molecule has 2 aromatic carbocycles. The van der Waals surface area contributed by atoms with Crippen molar-refractivity contribution in [2.45, 2.75) is 20.4 Å². The lowest BCUT2D eigenvalue weighted by Crippen LogP contribution is -2.34. The van der Waals surface area contributed by atoms with Crippen molar-refractivity contribution >= 4 is 17.5 Å². The Labute approximate surface area is 174 Å². The van der Waals surface area contributed by atoms with Crippen LogP contribution in [-0.4, -0.2) is 28.8 Å². The van der Waals surface area contributed by atoms with Crippen LogP contribution < -0.4 is 15.6 Å². The molecule has 0 spiro atoms. The fourth-order valence-corrected chi connectivity index (χ4v) is 3.03. The standard InChI is InChI=1S/C22H22ClN3O3/c1-15-11-16(2)13-19(12-15)29-14-21(27)24-9-10-26-22(28)8-7-20(25-26)17-3-5-18(23)6-4-17/h3-8,11-13H,9-10,14H2,1-2H3,(H,24,27). The topological polar surface area (TPSA) is 73.2 Å². The van der Waals surface area contributed by atoms with E-state index >= 15 is 0 Å². The van der Waals surface area contributed by atoms with E-state index in [1.807, 2.05) is 44.2 Å². The quantitative estimate of drug-likeness (QED) is 0.646. The molecule has 150 valence electrons. The van der Waals surface area contributed by atoms with Crippen molar-refractivity contribution in [1.29, 1.82) is 0 Å². The number of hydrogen-bond acceptors (Lipinski definition) is 4. The molecule has 0 saturated heterocycles. The summed E-state index contributed by atoms with van der Waals surface area (Å²) >= 11 is 5.91. The third-order valence-corrected chi connectivity index (χ3v) is 4.47. The molecular weight excluding hydrogens is 390 g/mol. The highest BCUT2D eigenvalue weighted by Gasteiger charge is 2.06. The predicted octanol–water partition coefficient (Wildman–Crippen LogP) is 3.38. The first kappa shape index (κ1) is 20.6. The molecule has 7 heteroatoms. The first-order valence-electron chi connectivity index (χ1n) is 9.22. The summed E-state index contributed by atoms with van der Waals surface area (Å²) in [4.78, 5) is 24.1. The Balaban J connectivity index is 1.54. The van der Waals surface area contributed by atoms with Crippen LogP contribution in [0.3, 0.4) is 0 Å². The second-order valence-corrected chi connectivity index (χ2v) is 7.19.